The molecule has 0 aromatic heterocycles. The summed E-state index contributed by atoms with van der Waals surface area (Å²) in [6, 6.07) is 3.68. The lowest BCUT2D eigenvalue weighted by atomic mass is 10.1. The van der Waals surface area contributed by atoms with E-state index in [1.54, 1.807) is 32.3 Å². The summed E-state index contributed by atoms with van der Waals surface area (Å²) in [6.45, 7) is 2.17. The van der Waals surface area contributed by atoms with Crippen LogP contribution in [0.15, 0.2) is 12.1 Å². The second-order valence-electron chi connectivity index (χ2n) is 6.71. The molecule has 1 fully saturated rings. The van der Waals surface area contributed by atoms with Gasteiger partial charge in [-0.05, 0) is 13.1 Å². The van der Waals surface area contributed by atoms with Gasteiger partial charge in [0.1, 0.15) is 0 Å². The van der Waals surface area contributed by atoms with Crippen molar-refractivity contribution in [3.05, 3.63) is 17.7 Å². The molecule has 9 nitrogen and oxygen atoms in total. The van der Waals surface area contributed by atoms with Gasteiger partial charge < -0.3 is 19.1 Å². The number of hydrogen-bond donors (Lipinski definition) is 0. The van der Waals surface area contributed by atoms with Crippen molar-refractivity contribution in [1.82, 2.24) is 14.1 Å². The molecule has 0 atom stereocenters. The van der Waals surface area contributed by atoms with Crippen LogP contribution in [0.3, 0.4) is 0 Å². The number of rotatable bonds is 8. The van der Waals surface area contributed by atoms with Gasteiger partial charge in [-0.1, -0.05) is 6.07 Å². The lowest BCUT2D eigenvalue weighted by Crippen LogP contribution is -2.52. The maximum atomic E-state index is 12.6. The third-order valence-corrected chi connectivity index (χ3v) is 5.99. The summed E-state index contributed by atoms with van der Waals surface area (Å²) in [5.74, 6) is 1.63. The number of carbonyl (C=O) groups is 1. The monoisotopic (exact) mass is 415 g/mol. The van der Waals surface area contributed by atoms with Crippen LogP contribution >= 0.6 is 0 Å². The van der Waals surface area contributed by atoms with Crippen LogP contribution in [0.4, 0.5) is 0 Å². The second kappa shape index (κ2) is 9.44. The molecule has 28 heavy (non-hydrogen) atoms. The molecule has 1 heterocycles. The number of methoxy groups -OCH3 is 3. The van der Waals surface area contributed by atoms with E-state index in [9.17, 15) is 13.2 Å². The van der Waals surface area contributed by atoms with E-state index in [-0.39, 0.29) is 12.5 Å². The van der Waals surface area contributed by atoms with Gasteiger partial charge >= 0.3 is 0 Å². The topological polar surface area (TPSA) is 88.6 Å². The van der Waals surface area contributed by atoms with Crippen LogP contribution < -0.4 is 14.2 Å². The van der Waals surface area contributed by atoms with Crippen molar-refractivity contribution in [2.45, 2.75) is 6.54 Å². The van der Waals surface area contributed by atoms with Crippen molar-refractivity contribution in [2.24, 2.45) is 0 Å². The van der Waals surface area contributed by atoms with E-state index >= 15 is 0 Å². The molecule has 158 valence electrons. The summed E-state index contributed by atoms with van der Waals surface area (Å²) in [5.41, 5.74) is 0.873. The Kier molecular flexibility index (Phi) is 7.50. The van der Waals surface area contributed by atoms with E-state index in [2.05, 4.69) is 0 Å². The van der Waals surface area contributed by atoms with Crippen LogP contribution in [-0.4, -0.2) is 95.8 Å². The molecule has 1 aromatic carbocycles. The van der Waals surface area contributed by atoms with Gasteiger partial charge in [0.25, 0.3) is 0 Å². The fraction of sp³-hybridized carbons (Fsp3) is 0.611. The molecular formula is C18H29N3O6S. The first-order chi connectivity index (χ1) is 13.2. The number of sulfonamides is 1. The molecular weight excluding hydrogens is 386 g/mol. The molecule has 1 aliphatic rings. The minimum Gasteiger partial charge on any atom is -0.493 e. The van der Waals surface area contributed by atoms with E-state index < -0.39 is 10.0 Å². The van der Waals surface area contributed by atoms with Crippen molar-refractivity contribution in [1.29, 1.82) is 0 Å². The summed E-state index contributed by atoms with van der Waals surface area (Å²) in [5, 5.41) is 0. The van der Waals surface area contributed by atoms with Gasteiger partial charge in [0.15, 0.2) is 11.5 Å². The molecule has 0 N–H and O–H groups in total. The van der Waals surface area contributed by atoms with E-state index in [0.717, 1.165) is 5.56 Å². The molecule has 1 aliphatic heterocycles. The molecule has 0 saturated carbocycles. The number of carbonyl (C=O) groups excluding carboxylic acids is 1. The summed E-state index contributed by atoms with van der Waals surface area (Å²) in [4.78, 5) is 16.2. The van der Waals surface area contributed by atoms with E-state index in [1.165, 1.54) is 10.6 Å². The number of piperazine rings is 1. The predicted octanol–water partition coefficient (Wildman–Crippen LogP) is 0.248. The highest BCUT2D eigenvalue weighted by atomic mass is 32.2. The maximum Gasteiger partial charge on any atom is 0.236 e. The molecule has 2 rings (SSSR count). The Hall–Kier alpha value is -2.04. The first-order valence-electron chi connectivity index (χ1n) is 8.90. The standard InChI is InChI=1S/C18H29N3O6S/c1-19(12-14-6-7-15(25-2)18(27-4)17(14)26-3)13-16(22)20-8-10-21(11-9-20)28(5,23)24/h6-7H,8-13H2,1-5H3. The number of hydrogen-bond acceptors (Lipinski definition) is 7. The van der Waals surface area contributed by atoms with Crippen LogP contribution in [0.2, 0.25) is 0 Å². The van der Waals surface area contributed by atoms with Gasteiger partial charge in [-0.15, -0.1) is 0 Å². The van der Waals surface area contributed by atoms with Crippen LogP contribution in [-0.2, 0) is 21.4 Å². The molecule has 1 saturated heterocycles. The summed E-state index contributed by atoms with van der Waals surface area (Å²) >= 11 is 0. The molecule has 0 aliphatic carbocycles. The largest absolute Gasteiger partial charge is 0.493 e. The lowest BCUT2D eigenvalue weighted by molar-refractivity contribution is -0.133. The van der Waals surface area contributed by atoms with Crippen molar-refractivity contribution in [3.63, 3.8) is 0 Å². The Bertz CT molecular complexity index is 791. The fourth-order valence-corrected chi connectivity index (χ4v) is 4.06. The first-order valence-corrected chi connectivity index (χ1v) is 10.7. The van der Waals surface area contributed by atoms with Gasteiger partial charge in [-0.25, -0.2) is 8.42 Å². The third kappa shape index (κ3) is 5.27. The first kappa shape index (κ1) is 22.3. The van der Waals surface area contributed by atoms with E-state index in [4.69, 9.17) is 14.2 Å². The van der Waals surface area contributed by atoms with E-state index in [0.29, 0.717) is 50.0 Å². The van der Waals surface area contributed by atoms with Gasteiger partial charge in [-0.3, -0.25) is 9.69 Å². The number of nitrogens with zero attached hydrogens (tertiary/aromatic N) is 3. The van der Waals surface area contributed by atoms with Crippen molar-refractivity contribution in [2.75, 3.05) is 67.4 Å². The minimum atomic E-state index is -3.21. The number of likely N-dealkylation sites (N-methyl/N-ethyl adjacent to an activating group) is 1. The van der Waals surface area contributed by atoms with E-state index in [1.807, 2.05) is 18.0 Å². The average Bonchev–Trinajstić information content (AvgIpc) is 2.66. The van der Waals surface area contributed by atoms with Crippen LogP contribution in [0.1, 0.15) is 5.56 Å². The highest BCUT2D eigenvalue weighted by Gasteiger charge is 2.26. The van der Waals surface area contributed by atoms with Crippen LogP contribution in [0.5, 0.6) is 17.2 Å². The number of ether oxygens (including phenoxy) is 3. The molecule has 0 radical (unpaired) electrons. The zero-order chi connectivity index (χ0) is 20.9. The Morgan fingerprint density at radius 2 is 1.64 bits per heavy atom. The Labute approximate surface area is 166 Å². The predicted molar refractivity (Wildman–Crippen MR) is 105 cm³/mol. The molecule has 10 heteroatoms. The Morgan fingerprint density at radius 1 is 1.04 bits per heavy atom. The summed E-state index contributed by atoms with van der Waals surface area (Å²) in [7, 11) is 3.31. The normalized spacial score (nSPS) is 15.6. The molecule has 0 spiro atoms. The van der Waals surface area contributed by atoms with Gasteiger partial charge in [0, 0.05) is 38.3 Å². The van der Waals surface area contributed by atoms with Crippen LogP contribution in [0, 0.1) is 0 Å². The van der Waals surface area contributed by atoms with Crippen molar-refractivity contribution >= 4 is 15.9 Å². The number of amides is 1. The fourth-order valence-electron chi connectivity index (χ4n) is 3.23. The quantitative estimate of drug-likeness (QED) is 0.601. The SMILES string of the molecule is COc1ccc(CN(C)CC(=O)N2CCN(S(C)(=O)=O)CC2)c(OC)c1OC. The zero-order valence-electron chi connectivity index (χ0n) is 17.1. The molecule has 0 bridgehead atoms. The number of benzene rings is 1. The Morgan fingerprint density at radius 3 is 2.14 bits per heavy atom. The van der Waals surface area contributed by atoms with Crippen molar-refractivity contribution in [3.8, 4) is 17.2 Å². The average molecular weight is 416 g/mol. The second-order valence-corrected chi connectivity index (χ2v) is 8.69. The van der Waals surface area contributed by atoms with Gasteiger partial charge in [0.05, 0.1) is 34.1 Å². The molecule has 1 aromatic rings. The highest BCUT2D eigenvalue weighted by Crippen LogP contribution is 2.40. The van der Waals surface area contributed by atoms with Gasteiger partial charge in [0.2, 0.25) is 21.7 Å². The van der Waals surface area contributed by atoms with Gasteiger partial charge in [-0.2, -0.15) is 4.31 Å². The lowest BCUT2D eigenvalue weighted by Gasteiger charge is -2.34. The van der Waals surface area contributed by atoms with Crippen LogP contribution in [0.25, 0.3) is 0 Å². The highest BCUT2D eigenvalue weighted by molar-refractivity contribution is 7.88. The maximum absolute atomic E-state index is 12.6. The molecule has 1 amide bonds. The summed E-state index contributed by atoms with van der Waals surface area (Å²) < 4.78 is 40.7. The third-order valence-electron chi connectivity index (χ3n) is 4.69. The molecule has 0 unspecified atom stereocenters. The smallest absolute Gasteiger partial charge is 0.236 e. The zero-order valence-corrected chi connectivity index (χ0v) is 17.9. The van der Waals surface area contributed by atoms with Crippen molar-refractivity contribution < 1.29 is 27.4 Å². The minimum absolute atomic E-state index is 0.0323. The summed E-state index contributed by atoms with van der Waals surface area (Å²) in [6.07, 6.45) is 1.19. The Balaban J connectivity index is 1.99.